The minimum absolute atomic E-state index is 0.123. The Balaban J connectivity index is 2.70. The number of aliphatic carboxylic acids is 1. The quantitative estimate of drug-likeness (QED) is 0.827. The van der Waals surface area contributed by atoms with E-state index in [1.54, 1.807) is 6.20 Å². The summed E-state index contributed by atoms with van der Waals surface area (Å²) in [7, 11) is -1.84. The summed E-state index contributed by atoms with van der Waals surface area (Å²) in [5, 5.41) is 16.3. The normalized spacial score (nSPS) is 12.7. The van der Waals surface area contributed by atoms with Crippen molar-refractivity contribution >= 4 is 14.3 Å². The molecular formula is C11H21N3O3Si. The van der Waals surface area contributed by atoms with E-state index in [0.29, 0.717) is 12.3 Å². The number of nitrogens with zero attached hydrogens (tertiary/aromatic N) is 3. The topological polar surface area (TPSA) is 77.2 Å². The van der Waals surface area contributed by atoms with Crippen LogP contribution in [0.4, 0.5) is 0 Å². The third-order valence-corrected chi connectivity index (χ3v) is 7.85. The lowest BCUT2D eigenvalue weighted by Gasteiger charge is -2.36. The molecule has 7 heteroatoms. The van der Waals surface area contributed by atoms with Gasteiger partial charge in [0.25, 0.3) is 0 Å². The van der Waals surface area contributed by atoms with E-state index in [2.05, 4.69) is 44.2 Å². The molecule has 102 valence electrons. The Morgan fingerprint density at radius 2 is 2.11 bits per heavy atom. The van der Waals surface area contributed by atoms with Gasteiger partial charge in [-0.15, -0.1) is 5.10 Å². The zero-order chi connectivity index (χ0) is 14.0. The fourth-order valence-corrected chi connectivity index (χ4v) is 2.06. The minimum atomic E-state index is -1.84. The highest BCUT2D eigenvalue weighted by molar-refractivity contribution is 6.74. The number of hydrogen-bond acceptors (Lipinski definition) is 4. The van der Waals surface area contributed by atoms with Crippen molar-refractivity contribution in [3.05, 3.63) is 11.9 Å². The molecule has 6 nitrogen and oxygen atoms in total. The minimum Gasteiger partial charge on any atom is -0.480 e. The molecule has 0 atom stereocenters. The van der Waals surface area contributed by atoms with E-state index in [1.807, 2.05) is 0 Å². The van der Waals surface area contributed by atoms with Crippen LogP contribution in [0, 0.1) is 0 Å². The second-order valence-electron chi connectivity index (χ2n) is 5.83. The highest BCUT2D eigenvalue weighted by atomic mass is 28.4. The molecule has 18 heavy (non-hydrogen) atoms. The zero-order valence-electron chi connectivity index (χ0n) is 11.6. The summed E-state index contributed by atoms with van der Waals surface area (Å²) < 4.78 is 7.36. The van der Waals surface area contributed by atoms with Crippen molar-refractivity contribution in [2.24, 2.45) is 0 Å². The van der Waals surface area contributed by atoms with Crippen LogP contribution >= 0.6 is 0 Å². The Morgan fingerprint density at radius 3 is 2.61 bits per heavy atom. The molecule has 0 spiro atoms. The van der Waals surface area contributed by atoms with Crippen molar-refractivity contribution in [3.8, 4) is 0 Å². The zero-order valence-corrected chi connectivity index (χ0v) is 12.6. The smallest absolute Gasteiger partial charge is 0.325 e. The first kappa shape index (κ1) is 14.8. The molecule has 0 amide bonds. The van der Waals surface area contributed by atoms with Gasteiger partial charge in [0.15, 0.2) is 8.32 Å². The van der Waals surface area contributed by atoms with Crippen LogP contribution in [-0.2, 0) is 22.4 Å². The van der Waals surface area contributed by atoms with Crippen LogP contribution in [0.25, 0.3) is 0 Å². The number of hydrogen-bond donors (Lipinski definition) is 1. The maximum absolute atomic E-state index is 10.7. The molecule has 1 aromatic heterocycles. The molecule has 0 bridgehead atoms. The van der Waals surface area contributed by atoms with Gasteiger partial charge >= 0.3 is 5.97 Å². The first-order chi connectivity index (χ1) is 8.13. The monoisotopic (exact) mass is 271 g/mol. The molecule has 1 heterocycles. The molecule has 0 aromatic carbocycles. The van der Waals surface area contributed by atoms with Gasteiger partial charge in [-0.2, -0.15) is 0 Å². The molecular weight excluding hydrogens is 250 g/mol. The van der Waals surface area contributed by atoms with Crippen molar-refractivity contribution in [2.75, 3.05) is 0 Å². The lowest BCUT2D eigenvalue weighted by atomic mass is 10.2. The first-order valence-corrected chi connectivity index (χ1v) is 8.77. The summed E-state index contributed by atoms with van der Waals surface area (Å²) in [6.07, 6.45) is 1.55. The van der Waals surface area contributed by atoms with E-state index < -0.39 is 14.3 Å². The Labute approximate surface area is 108 Å². The van der Waals surface area contributed by atoms with Crippen LogP contribution in [0.1, 0.15) is 26.5 Å². The maximum atomic E-state index is 10.7. The van der Waals surface area contributed by atoms with Crippen LogP contribution in [0.3, 0.4) is 0 Å². The molecule has 0 saturated heterocycles. The Kier molecular flexibility index (Phi) is 4.28. The summed E-state index contributed by atoms with van der Waals surface area (Å²) in [6.45, 7) is 11.0. The number of aromatic nitrogens is 3. The third kappa shape index (κ3) is 3.64. The van der Waals surface area contributed by atoms with Gasteiger partial charge in [0.2, 0.25) is 0 Å². The van der Waals surface area contributed by atoms with Crippen molar-refractivity contribution in [1.29, 1.82) is 0 Å². The summed E-state index contributed by atoms with van der Waals surface area (Å²) in [6, 6.07) is 0. The van der Waals surface area contributed by atoms with E-state index in [0.717, 1.165) is 0 Å². The average Bonchev–Trinajstić information content (AvgIpc) is 2.59. The molecule has 1 rings (SSSR count). The van der Waals surface area contributed by atoms with Gasteiger partial charge < -0.3 is 9.53 Å². The van der Waals surface area contributed by atoms with Gasteiger partial charge in [-0.1, -0.05) is 26.0 Å². The Hall–Kier alpha value is -1.21. The molecule has 1 aromatic rings. The second-order valence-corrected chi connectivity index (χ2v) is 10.6. The first-order valence-electron chi connectivity index (χ1n) is 5.86. The average molecular weight is 271 g/mol. The lowest BCUT2D eigenvalue weighted by molar-refractivity contribution is -0.138. The van der Waals surface area contributed by atoms with Crippen LogP contribution in [-0.4, -0.2) is 34.4 Å². The predicted molar refractivity (Wildman–Crippen MR) is 69.6 cm³/mol. The van der Waals surface area contributed by atoms with Crippen molar-refractivity contribution < 1.29 is 14.3 Å². The Bertz CT molecular complexity index is 423. The molecule has 0 aliphatic carbocycles. The van der Waals surface area contributed by atoms with Crippen molar-refractivity contribution in [2.45, 2.75) is 52.1 Å². The molecule has 0 saturated carbocycles. The standard InChI is InChI=1S/C11H21N3O3Si/c1-11(2,3)18(4,5)17-8-9-6-12-13-14(9)7-10(15)16/h6H,7-8H2,1-5H3,(H,15,16). The van der Waals surface area contributed by atoms with Gasteiger partial charge in [-0.25, -0.2) is 4.68 Å². The van der Waals surface area contributed by atoms with E-state index in [-0.39, 0.29) is 11.6 Å². The van der Waals surface area contributed by atoms with Gasteiger partial charge in [-0.3, -0.25) is 4.79 Å². The van der Waals surface area contributed by atoms with Crippen molar-refractivity contribution in [3.63, 3.8) is 0 Å². The van der Waals surface area contributed by atoms with Crippen LogP contribution in [0.15, 0.2) is 6.20 Å². The second kappa shape index (κ2) is 5.19. The van der Waals surface area contributed by atoms with Crippen LogP contribution < -0.4 is 0 Å². The molecule has 0 radical (unpaired) electrons. The number of carbonyl (C=O) groups is 1. The van der Waals surface area contributed by atoms with Gasteiger partial charge in [0.05, 0.1) is 18.5 Å². The SMILES string of the molecule is CC(C)(C)[Si](C)(C)OCc1cnnn1CC(=O)O. The summed E-state index contributed by atoms with van der Waals surface area (Å²) in [5.74, 6) is -0.936. The van der Waals surface area contributed by atoms with Crippen LogP contribution in [0.2, 0.25) is 18.1 Å². The van der Waals surface area contributed by atoms with E-state index in [1.165, 1.54) is 4.68 Å². The summed E-state index contributed by atoms with van der Waals surface area (Å²) in [5.41, 5.74) is 0.697. The number of rotatable bonds is 5. The predicted octanol–water partition coefficient (Wildman–Crippen LogP) is 1.88. The lowest BCUT2D eigenvalue weighted by Crippen LogP contribution is -2.40. The molecule has 0 aliphatic rings. The maximum Gasteiger partial charge on any atom is 0.325 e. The van der Waals surface area contributed by atoms with Crippen molar-refractivity contribution in [1.82, 2.24) is 15.0 Å². The van der Waals surface area contributed by atoms with E-state index in [9.17, 15) is 4.79 Å². The van der Waals surface area contributed by atoms with Gasteiger partial charge in [0.1, 0.15) is 6.54 Å². The number of carboxylic acids is 1. The molecule has 0 fully saturated rings. The van der Waals surface area contributed by atoms with E-state index in [4.69, 9.17) is 9.53 Å². The highest BCUT2D eigenvalue weighted by Crippen LogP contribution is 2.36. The summed E-state index contributed by atoms with van der Waals surface area (Å²) >= 11 is 0. The molecule has 1 N–H and O–H groups in total. The fraction of sp³-hybridized carbons (Fsp3) is 0.727. The summed E-state index contributed by atoms with van der Waals surface area (Å²) in [4.78, 5) is 10.7. The molecule has 0 unspecified atom stereocenters. The molecule has 0 aliphatic heterocycles. The largest absolute Gasteiger partial charge is 0.480 e. The van der Waals surface area contributed by atoms with Crippen LogP contribution in [0.5, 0.6) is 0 Å². The number of carboxylic acid groups (broad SMARTS) is 1. The Morgan fingerprint density at radius 1 is 1.50 bits per heavy atom. The van der Waals surface area contributed by atoms with Gasteiger partial charge in [-0.05, 0) is 18.1 Å². The van der Waals surface area contributed by atoms with Gasteiger partial charge in [0, 0.05) is 0 Å². The fourth-order valence-electron chi connectivity index (χ4n) is 1.12. The highest BCUT2D eigenvalue weighted by Gasteiger charge is 2.37. The van der Waals surface area contributed by atoms with E-state index >= 15 is 0 Å². The third-order valence-electron chi connectivity index (χ3n) is 3.37.